The molecular formula is C28H16F6N2O3. The maximum absolute atomic E-state index is 14.4. The predicted molar refractivity (Wildman–Crippen MR) is 130 cm³/mol. The number of ether oxygens (including phenoxy) is 2. The minimum Gasteiger partial charge on any atom is -0.456 e. The summed E-state index contributed by atoms with van der Waals surface area (Å²) in [5.41, 5.74) is -1.31. The molecule has 2 aromatic heterocycles. The first-order chi connectivity index (χ1) is 18.6. The average molecular weight is 542 g/mol. The molecule has 5 aromatic rings. The summed E-state index contributed by atoms with van der Waals surface area (Å²) < 4.78 is 93.0. The Hall–Kier alpha value is -4.67. The summed E-state index contributed by atoms with van der Waals surface area (Å²) in [5, 5.41) is 0.210. The standard InChI is InChI=1S/C28H16F6N2O3/c1-13-9-19-17(24(11-20(35-19)26(31)32)39-28(37)14-5-7-15(29)8-6-14)10-22(13)38-23-12-21(27(33)34)36-25-16(23)3-2-4-18(25)30/h2-12,26-27H,1H3. The monoisotopic (exact) mass is 542 g/mol. The lowest BCUT2D eigenvalue weighted by molar-refractivity contribution is 0.0735. The summed E-state index contributed by atoms with van der Waals surface area (Å²) in [6.07, 6.45) is -6.00. The Morgan fingerprint density at radius 1 is 0.769 bits per heavy atom. The number of fused-ring (bicyclic) bond motifs is 2. The molecule has 5 nitrogen and oxygen atoms in total. The number of halogens is 6. The number of rotatable bonds is 6. The predicted octanol–water partition coefficient (Wildman–Crippen LogP) is 8.26. The van der Waals surface area contributed by atoms with Crippen LogP contribution in [0.3, 0.4) is 0 Å². The van der Waals surface area contributed by atoms with Gasteiger partial charge in [0.15, 0.2) is 0 Å². The Balaban J connectivity index is 1.63. The topological polar surface area (TPSA) is 61.3 Å². The average Bonchev–Trinajstić information content (AvgIpc) is 2.89. The van der Waals surface area contributed by atoms with Crippen molar-refractivity contribution < 1.29 is 40.6 Å². The van der Waals surface area contributed by atoms with Gasteiger partial charge < -0.3 is 9.47 Å². The van der Waals surface area contributed by atoms with E-state index in [0.29, 0.717) is 5.56 Å². The summed E-state index contributed by atoms with van der Waals surface area (Å²) in [4.78, 5) is 20.3. The molecule has 0 aliphatic carbocycles. The number of carbonyl (C=O) groups is 1. The second-order valence-electron chi connectivity index (χ2n) is 8.46. The van der Waals surface area contributed by atoms with Crippen LogP contribution in [0.4, 0.5) is 26.3 Å². The maximum Gasteiger partial charge on any atom is 0.343 e. The Morgan fingerprint density at radius 2 is 1.44 bits per heavy atom. The lowest BCUT2D eigenvalue weighted by Crippen LogP contribution is -2.09. The van der Waals surface area contributed by atoms with Crippen LogP contribution < -0.4 is 9.47 Å². The fourth-order valence-electron chi connectivity index (χ4n) is 3.91. The molecular weight excluding hydrogens is 526 g/mol. The van der Waals surface area contributed by atoms with E-state index in [1.54, 1.807) is 6.92 Å². The van der Waals surface area contributed by atoms with Crippen molar-refractivity contribution in [3.8, 4) is 17.2 Å². The number of hydrogen-bond donors (Lipinski definition) is 0. The minimum atomic E-state index is -3.01. The molecule has 0 saturated carbocycles. The molecule has 0 aliphatic rings. The zero-order chi connectivity index (χ0) is 27.8. The molecule has 0 unspecified atom stereocenters. The van der Waals surface area contributed by atoms with Crippen LogP contribution in [0.5, 0.6) is 17.2 Å². The highest BCUT2D eigenvalue weighted by molar-refractivity contribution is 5.95. The Morgan fingerprint density at radius 3 is 2.13 bits per heavy atom. The molecule has 0 saturated heterocycles. The van der Waals surface area contributed by atoms with E-state index >= 15 is 0 Å². The molecule has 3 aromatic carbocycles. The van der Waals surface area contributed by atoms with Crippen molar-refractivity contribution >= 4 is 27.8 Å². The van der Waals surface area contributed by atoms with Gasteiger partial charge in [0.05, 0.1) is 11.1 Å². The van der Waals surface area contributed by atoms with Gasteiger partial charge in [-0.2, -0.15) is 0 Å². The third kappa shape index (κ3) is 5.20. The highest BCUT2D eigenvalue weighted by Gasteiger charge is 2.21. The van der Waals surface area contributed by atoms with Crippen molar-refractivity contribution in [1.29, 1.82) is 0 Å². The van der Waals surface area contributed by atoms with Crippen LogP contribution in [-0.2, 0) is 0 Å². The lowest BCUT2D eigenvalue weighted by Gasteiger charge is -2.15. The van der Waals surface area contributed by atoms with E-state index in [0.717, 1.165) is 30.3 Å². The number of aryl methyl sites for hydroxylation is 1. The van der Waals surface area contributed by atoms with Crippen molar-refractivity contribution in [2.45, 2.75) is 19.8 Å². The largest absolute Gasteiger partial charge is 0.456 e. The molecule has 0 bridgehead atoms. The third-order valence-electron chi connectivity index (χ3n) is 5.81. The summed E-state index contributed by atoms with van der Waals surface area (Å²) in [5.74, 6) is -2.69. The number of alkyl halides is 4. The molecule has 0 radical (unpaired) electrons. The van der Waals surface area contributed by atoms with Gasteiger partial charge in [-0.1, -0.05) is 6.07 Å². The van der Waals surface area contributed by atoms with Crippen molar-refractivity contribution in [1.82, 2.24) is 9.97 Å². The summed E-state index contributed by atoms with van der Waals surface area (Å²) in [6.45, 7) is 1.56. The van der Waals surface area contributed by atoms with Crippen molar-refractivity contribution in [3.63, 3.8) is 0 Å². The minimum absolute atomic E-state index is 0.0339. The van der Waals surface area contributed by atoms with Crippen LogP contribution in [0, 0.1) is 18.6 Å². The van der Waals surface area contributed by atoms with Gasteiger partial charge in [-0.3, -0.25) is 0 Å². The molecule has 5 rings (SSSR count). The van der Waals surface area contributed by atoms with Gasteiger partial charge >= 0.3 is 5.97 Å². The highest BCUT2D eigenvalue weighted by atomic mass is 19.3. The molecule has 2 heterocycles. The van der Waals surface area contributed by atoms with Gasteiger partial charge in [0.1, 0.15) is 45.8 Å². The van der Waals surface area contributed by atoms with Crippen molar-refractivity contribution in [2.24, 2.45) is 0 Å². The summed E-state index contributed by atoms with van der Waals surface area (Å²) in [6, 6.07) is 12.9. The van der Waals surface area contributed by atoms with Gasteiger partial charge in [0.2, 0.25) is 0 Å². The van der Waals surface area contributed by atoms with Gasteiger partial charge in [0, 0.05) is 22.9 Å². The number of pyridine rings is 2. The zero-order valence-corrected chi connectivity index (χ0v) is 19.9. The molecule has 0 aliphatic heterocycles. The smallest absolute Gasteiger partial charge is 0.343 e. The summed E-state index contributed by atoms with van der Waals surface area (Å²) in [7, 11) is 0. The second-order valence-corrected chi connectivity index (χ2v) is 8.46. The Kier molecular flexibility index (Phi) is 6.81. The van der Waals surface area contributed by atoms with E-state index in [2.05, 4.69) is 9.97 Å². The number of benzene rings is 3. The van der Waals surface area contributed by atoms with Gasteiger partial charge in [-0.25, -0.2) is 41.1 Å². The number of nitrogens with zero attached hydrogens (tertiary/aromatic N) is 2. The van der Waals surface area contributed by atoms with Gasteiger partial charge in [0.25, 0.3) is 12.9 Å². The normalized spacial score (nSPS) is 11.5. The zero-order valence-electron chi connectivity index (χ0n) is 19.9. The Labute approximate surface area is 216 Å². The number of esters is 1. The lowest BCUT2D eigenvalue weighted by atomic mass is 10.1. The molecule has 39 heavy (non-hydrogen) atoms. The van der Waals surface area contributed by atoms with E-state index < -0.39 is 41.8 Å². The number of aromatic nitrogens is 2. The first-order valence-electron chi connectivity index (χ1n) is 11.4. The number of para-hydroxylation sites is 1. The second kappa shape index (κ2) is 10.2. The molecule has 0 amide bonds. The van der Waals surface area contributed by atoms with Crippen LogP contribution in [-0.4, -0.2) is 15.9 Å². The van der Waals surface area contributed by atoms with Crippen LogP contribution in [0.1, 0.15) is 40.2 Å². The van der Waals surface area contributed by atoms with E-state index in [-0.39, 0.29) is 44.6 Å². The van der Waals surface area contributed by atoms with Crippen molar-refractivity contribution in [3.05, 3.63) is 101 Å². The van der Waals surface area contributed by atoms with Gasteiger partial charge in [-0.05, 0) is 61.0 Å². The quantitative estimate of drug-likeness (QED) is 0.160. The van der Waals surface area contributed by atoms with Crippen LogP contribution in [0.15, 0.2) is 66.7 Å². The Bertz CT molecular complexity index is 1730. The molecule has 0 N–H and O–H groups in total. The number of carbonyl (C=O) groups excluding carboxylic acids is 1. The van der Waals surface area contributed by atoms with Crippen LogP contribution >= 0.6 is 0 Å². The van der Waals surface area contributed by atoms with Crippen molar-refractivity contribution in [2.75, 3.05) is 0 Å². The number of hydrogen-bond acceptors (Lipinski definition) is 5. The van der Waals surface area contributed by atoms with E-state index in [9.17, 15) is 31.1 Å². The molecule has 0 fully saturated rings. The fraction of sp³-hybridized carbons (Fsp3) is 0.107. The molecule has 11 heteroatoms. The molecule has 0 atom stereocenters. The van der Waals surface area contributed by atoms with Crippen LogP contribution in [0.25, 0.3) is 21.8 Å². The first kappa shape index (κ1) is 26.0. The van der Waals surface area contributed by atoms with E-state index in [1.807, 2.05) is 0 Å². The first-order valence-corrected chi connectivity index (χ1v) is 11.4. The highest BCUT2D eigenvalue weighted by Crippen LogP contribution is 2.39. The maximum atomic E-state index is 14.4. The SMILES string of the molecule is Cc1cc2nc(C(F)F)cc(OC(=O)c3ccc(F)cc3)c2cc1Oc1cc(C(F)F)nc2c(F)cccc12. The fourth-order valence-corrected chi connectivity index (χ4v) is 3.91. The molecule has 0 spiro atoms. The van der Waals surface area contributed by atoms with Gasteiger partial charge in [-0.15, -0.1) is 0 Å². The van der Waals surface area contributed by atoms with Crippen LogP contribution in [0.2, 0.25) is 0 Å². The molecule has 198 valence electrons. The summed E-state index contributed by atoms with van der Waals surface area (Å²) >= 11 is 0. The van der Waals surface area contributed by atoms with E-state index in [1.165, 1.54) is 36.4 Å². The third-order valence-corrected chi connectivity index (χ3v) is 5.81. The van der Waals surface area contributed by atoms with E-state index in [4.69, 9.17) is 9.47 Å².